The molecule has 3 heterocycles. The third-order valence-electron chi connectivity index (χ3n) is 17.7. The maximum atomic E-state index is 13.3. The van der Waals surface area contributed by atoms with E-state index in [1.807, 2.05) is 0 Å². The zero-order valence-electron chi connectivity index (χ0n) is 52.4. The molecule has 0 aromatic heterocycles. The van der Waals surface area contributed by atoms with Gasteiger partial charge in [-0.15, -0.1) is 0 Å². The Balaban J connectivity index is 1.27. The van der Waals surface area contributed by atoms with Crippen LogP contribution < -0.4 is 5.32 Å². The molecule has 84 heavy (non-hydrogen) atoms. The fraction of sp³-hybridized carbons (Fsp3) is 0.985. The first-order valence-corrected chi connectivity index (χ1v) is 34.3. The summed E-state index contributed by atoms with van der Waals surface area (Å²) >= 11 is 0. The lowest BCUT2D eigenvalue weighted by molar-refractivity contribution is -0.379. The van der Waals surface area contributed by atoms with Gasteiger partial charge >= 0.3 is 0 Å². The first kappa shape index (κ1) is 77.0. The average Bonchev–Trinajstić information content (AvgIpc) is 2.27. The van der Waals surface area contributed by atoms with Crippen molar-refractivity contribution >= 4 is 5.91 Å². The molecule has 0 radical (unpaired) electrons. The molecule has 0 saturated carbocycles. The maximum Gasteiger partial charge on any atom is 0.220 e. The summed E-state index contributed by atoms with van der Waals surface area (Å²) < 4.78 is 34.2. The second-order valence-corrected chi connectivity index (χ2v) is 25.0. The Kier molecular flexibility index (Phi) is 44.6. The van der Waals surface area contributed by atoms with Gasteiger partial charge in [0.15, 0.2) is 18.9 Å². The first-order chi connectivity index (χ1) is 40.8. The molecule has 0 aromatic rings. The van der Waals surface area contributed by atoms with E-state index in [1.165, 1.54) is 186 Å². The summed E-state index contributed by atoms with van der Waals surface area (Å²) in [5.74, 6) is -0.242. The lowest BCUT2D eigenvalue weighted by atomic mass is 9.96. The van der Waals surface area contributed by atoms with Gasteiger partial charge in [0.25, 0.3) is 0 Å². The molecule has 0 aliphatic carbocycles. The molecule has 0 aromatic carbocycles. The molecule has 498 valence electrons. The van der Waals surface area contributed by atoms with Crippen molar-refractivity contribution in [2.45, 2.75) is 381 Å². The molecule has 17 atom stereocenters. The fourth-order valence-electron chi connectivity index (χ4n) is 12.1. The highest BCUT2D eigenvalue weighted by atomic mass is 16.8. The van der Waals surface area contributed by atoms with Crippen LogP contribution in [0, 0.1) is 0 Å². The zero-order valence-corrected chi connectivity index (χ0v) is 52.4. The Morgan fingerprint density at radius 1 is 0.381 bits per heavy atom. The van der Waals surface area contributed by atoms with Crippen molar-refractivity contribution in [1.82, 2.24) is 5.32 Å². The monoisotopic (exact) mass is 1210 g/mol. The Bertz CT molecular complexity index is 1540. The van der Waals surface area contributed by atoms with Crippen LogP contribution in [-0.2, 0) is 33.2 Å². The number of carbonyl (C=O) groups excluding carboxylic acids is 1. The number of aliphatic hydroxyl groups is 11. The average molecular weight is 1210 g/mol. The summed E-state index contributed by atoms with van der Waals surface area (Å²) in [6.45, 7) is 1.74. The number of ether oxygens (including phenoxy) is 6. The molecule has 3 aliphatic rings. The lowest BCUT2D eigenvalue weighted by Crippen LogP contribution is -2.66. The van der Waals surface area contributed by atoms with Crippen LogP contribution in [0.2, 0.25) is 0 Å². The molecule has 12 N–H and O–H groups in total. The quantitative estimate of drug-likeness (QED) is 0.0255. The van der Waals surface area contributed by atoms with E-state index in [9.17, 15) is 61.0 Å². The van der Waals surface area contributed by atoms with Gasteiger partial charge in [-0.25, -0.2) is 0 Å². The van der Waals surface area contributed by atoms with Crippen LogP contribution in [0.3, 0.4) is 0 Å². The summed E-state index contributed by atoms with van der Waals surface area (Å²) in [4.78, 5) is 13.3. The van der Waals surface area contributed by atoms with Gasteiger partial charge in [0.1, 0.15) is 73.2 Å². The number of aliphatic hydroxyl groups excluding tert-OH is 11. The van der Waals surface area contributed by atoms with E-state index in [0.29, 0.717) is 12.8 Å². The normalized spacial score (nSPS) is 29.1. The molecule has 17 unspecified atom stereocenters. The molecule has 3 rings (SSSR count). The van der Waals surface area contributed by atoms with Gasteiger partial charge in [0.05, 0.1) is 38.6 Å². The molecule has 0 bridgehead atoms. The van der Waals surface area contributed by atoms with Crippen LogP contribution in [0.4, 0.5) is 0 Å². The van der Waals surface area contributed by atoms with E-state index in [-0.39, 0.29) is 18.9 Å². The second kappa shape index (κ2) is 48.6. The van der Waals surface area contributed by atoms with Crippen LogP contribution >= 0.6 is 0 Å². The van der Waals surface area contributed by atoms with E-state index in [0.717, 1.165) is 57.8 Å². The van der Waals surface area contributed by atoms with Gasteiger partial charge in [0.2, 0.25) is 5.91 Å². The highest BCUT2D eigenvalue weighted by Gasteiger charge is 2.53. The van der Waals surface area contributed by atoms with Gasteiger partial charge in [-0.2, -0.15) is 0 Å². The Hall–Kier alpha value is -1.21. The first-order valence-electron chi connectivity index (χ1n) is 34.3. The minimum absolute atomic E-state index is 0.242. The second-order valence-electron chi connectivity index (χ2n) is 25.0. The van der Waals surface area contributed by atoms with E-state index in [2.05, 4.69) is 19.2 Å². The van der Waals surface area contributed by atoms with E-state index in [1.54, 1.807) is 0 Å². The summed E-state index contributed by atoms with van der Waals surface area (Å²) in [5.41, 5.74) is 0. The lowest BCUT2D eigenvalue weighted by Gasteiger charge is -2.48. The highest BCUT2D eigenvalue weighted by molar-refractivity contribution is 5.76. The molecule has 1 amide bonds. The summed E-state index contributed by atoms with van der Waals surface area (Å²) in [6, 6.07) is -0.878. The van der Waals surface area contributed by atoms with Crippen molar-refractivity contribution in [3.63, 3.8) is 0 Å². The molecule has 19 heteroatoms. The van der Waals surface area contributed by atoms with Crippen LogP contribution in [0.5, 0.6) is 0 Å². The molecule has 0 spiro atoms. The van der Waals surface area contributed by atoms with Crippen molar-refractivity contribution in [1.29, 1.82) is 0 Å². The largest absolute Gasteiger partial charge is 0.394 e. The number of hydrogen-bond donors (Lipinski definition) is 12. The maximum absolute atomic E-state index is 13.3. The van der Waals surface area contributed by atoms with Gasteiger partial charge in [-0.3, -0.25) is 4.79 Å². The standard InChI is InChI=1S/C65H125NO18/c1-3-5-7-9-11-12-13-14-15-16-17-18-19-20-21-22-23-24-25-26-27-28-29-30-31-32-33-34-35-36-37-39-41-43-53(71)66-48(49(70)42-40-38-10-8-6-4-2)47-79-63-59(77)56(74)61(51(45-68)81-63)84-65-60(78)57(75)62(52(46-69)82-65)83-64-58(76)55(73)54(72)50(44-67)80-64/h48-52,54-65,67-70,72-78H,3-47H2,1-2H3,(H,66,71). The van der Waals surface area contributed by atoms with Gasteiger partial charge in [-0.1, -0.05) is 258 Å². The predicted molar refractivity (Wildman–Crippen MR) is 324 cm³/mol. The van der Waals surface area contributed by atoms with Crippen molar-refractivity contribution < 1.29 is 89.4 Å². The molecular formula is C65H125NO18. The van der Waals surface area contributed by atoms with E-state index < -0.39 is 124 Å². The van der Waals surface area contributed by atoms with Crippen LogP contribution in [0.1, 0.15) is 277 Å². The third kappa shape index (κ3) is 31.0. The molecule has 3 saturated heterocycles. The third-order valence-corrected chi connectivity index (χ3v) is 17.7. The summed E-state index contributed by atoms with van der Waals surface area (Å²) in [5, 5.41) is 120. The van der Waals surface area contributed by atoms with Crippen molar-refractivity contribution in [3.8, 4) is 0 Å². The van der Waals surface area contributed by atoms with Gasteiger partial charge in [0, 0.05) is 6.42 Å². The zero-order chi connectivity index (χ0) is 61.2. The number of nitrogens with one attached hydrogen (secondary N) is 1. The molecular weight excluding hydrogens is 1080 g/mol. The summed E-state index contributed by atoms with van der Waals surface area (Å²) in [7, 11) is 0. The number of unbranched alkanes of at least 4 members (excludes halogenated alkanes) is 37. The SMILES string of the molecule is CCCCCCCCCCCCCCCCCCCCCCCCCCCCCCCCCCCC(=O)NC(COC1OC(CO)C(OC2OC(CO)C(OC3OC(CO)C(O)C(O)C3O)C(O)C2O)C(O)C1O)C(O)CCCCCCCC. The number of amides is 1. The van der Waals surface area contributed by atoms with Crippen LogP contribution in [0.25, 0.3) is 0 Å². The molecule has 3 fully saturated rings. The minimum atomic E-state index is -1.97. The predicted octanol–water partition coefficient (Wildman–Crippen LogP) is 8.33. The van der Waals surface area contributed by atoms with Crippen LogP contribution in [0.15, 0.2) is 0 Å². The van der Waals surface area contributed by atoms with Gasteiger partial charge in [-0.05, 0) is 12.8 Å². The topological polar surface area (TPSA) is 307 Å². The smallest absolute Gasteiger partial charge is 0.220 e. The Labute approximate surface area is 506 Å². The fourth-order valence-corrected chi connectivity index (χ4v) is 12.1. The van der Waals surface area contributed by atoms with Crippen molar-refractivity contribution in [3.05, 3.63) is 0 Å². The van der Waals surface area contributed by atoms with E-state index in [4.69, 9.17) is 28.4 Å². The highest BCUT2D eigenvalue weighted by Crippen LogP contribution is 2.33. The Morgan fingerprint density at radius 2 is 0.679 bits per heavy atom. The number of rotatable bonds is 53. The Morgan fingerprint density at radius 3 is 1.04 bits per heavy atom. The van der Waals surface area contributed by atoms with Gasteiger partial charge < -0.3 is 89.9 Å². The van der Waals surface area contributed by atoms with Crippen molar-refractivity contribution in [2.75, 3.05) is 26.4 Å². The van der Waals surface area contributed by atoms with E-state index >= 15 is 0 Å². The number of carbonyl (C=O) groups is 1. The molecule has 3 aliphatic heterocycles. The van der Waals surface area contributed by atoms with Crippen LogP contribution in [-0.4, -0.2) is 193 Å². The number of hydrogen-bond acceptors (Lipinski definition) is 18. The van der Waals surface area contributed by atoms with Crippen molar-refractivity contribution in [2.24, 2.45) is 0 Å². The summed E-state index contributed by atoms with van der Waals surface area (Å²) in [6.07, 6.45) is 24.3. The molecule has 19 nitrogen and oxygen atoms in total. The minimum Gasteiger partial charge on any atom is -0.394 e.